The summed E-state index contributed by atoms with van der Waals surface area (Å²) in [6.07, 6.45) is 0. The SMILES string of the molecule is CC(C)(C)c1ccc(N(c2ccc3c(c2)C(=C(c2ccccc2)c2ccccc2)c2ccccc2C3(C)C)c2ccc3c(c2)oc2ccccc23)c(-c2ccccc2)c1. The molecule has 286 valence electrons. The minimum atomic E-state index is -0.242. The van der Waals surface area contributed by atoms with Gasteiger partial charge in [-0.1, -0.05) is 180 Å². The first-order chi connectivity index (χ1) is 28.7. The molecule has 1 aliphatic rings. The van der Waals surface area contributed by atoms with Gasteiger partial charge in [0.1, 0.15) is 11.2 Å². The molecule has 2 nitrogen and oxygen atoms in total. The molecule has 0 saturated heterocycles. The number of fused-ring (bicyclic) bond motifs is 5. The third kappa shape index (κ3) is 6.28. The van der Waals surface area contributed by atoms with Crippen LogP contribution >= 0.6 is 0 Å². The van der Waals surface area contributed by atoms with E-state index in [1.165, 1.54) is 61.2 Å². The Balaban J connectivity index is 1.30. The van der Waals surface area contributed by atoms with Crippen molar-refractivity contribution in [2.45, 2.75) is 45.4 Å². The highest BCUT2D eigenvalue weighted by molar-refractivity contribution is 6.09. The fraction of sp³-hybridized carbons (Fsp3) is 0.123. The minimum absolute atomic E-state index is 0.0319. The van der Waals surface area contributed by atoms with Crippen molar-refractivity contribution >= 4 is 50.1 Å². The second-order valence-corrected chi connectivity index (χ2v) is 17.3. The van der Waals surface area contributed by atoms with Crippen LogP contribution in [0, 0.1) is 0 Å². The van der Waals surface area contributed by atoms with Gasteiger partial charge in [0.05, 0.1) is 5.69 Å². The van der Waals surface area contributed by atoms with E-state index in [0.29, 0.717) is 0 Å². The maximum Gasteiger partial charge on any atom is 0.137 e. The molecule has 59 heavy (non-hydrogen) atoms. The summed E-state index contributed by atoms with van der Waals surface area (Å²) in [4.78, 5) is 2.44. The maximum absolute atomic E-state index is 6.56. The lowest BCUT2D eigenvalue weighted by Crippen LogP contribution is -2.27. The Hall–Kier alpha value is -6.90. The summed E-state index contributed by atoms with van der Waals surface area (Å²) in [5.74, 6) is 0. The van der Waals surface area contributed by atoms with Crippen LogP contribution in [-0.2, 0) is 10.8 Å². The minimum Gasteiger partial charge on any atom is -0.456 e. The highest BCUT2D eigenvalue weighted by Gasteiger charge is 2.37. The zero-order valence-electron chi connectivity index (χ0n) is 34.3. The van der Waals surface area contributed by atoms with Crippen LogP contribution in [0.4, 0.5) is 17.1 Å². The molecule has 10 rings (SSSR count). The summed E-state index contributed by atoms with van der Waals surface area (Å²) in [6.45, 7) is 11.6. The normalized spacial score (nSPS) is 13.3. The first-order valence-electron chi connectivity index (χ1n) is 20.7. The van der Waals surface area contributed by atoms with Crippen molar-refractivity contribution in [1.82, 2.24) is 0 Å². The van der Waals surface area contributed by atoms with E-state index in [0.717, 1.165) is 39.0 Å². The molecule has 0 aliphatic heterocycles. The topological polar surface area (TPSA) is 16.4 Å². The van der Waals surface area contributed by atoms with Crippen molar-refractivity contribution in [2.24, 2.45) is 0 Å². The number of benzene rings is 8. The second kappa shape index (κ2) is 14.2. The predicted octanol–water partition coefficient (Wildman–Crippen LogP) is 15.7. The smallest absolute Gasteiger partial charge is 0.137 e. The van der Waals surface area contributed by atoms with Crippen molar-refractivity contribution in [2.75, 3.05) is 4.90 Å². The van der Waals surface area contributed by atoms with Crippen LogP contribution in [0.5, 0.6) is 0 Å². The van der Waals surface area contributed by atoms with Gasteiger partial charge in [-0.25, -0.2) is 0 Å². The Morgan fingerprint density at radius 2 is 1.05 bits per heavy atom. The van der Waals surface area contributed by atoms with Crippen molar-refractivity contribution in [3.8, 4) is 11.1 Å². The summed E-state index contributed by atoms with van der Waals surface area (Å²) in [6, 6.07) is 70.8. The molecule has 0 unspecified atom stereocenters. The zero-order valence-corrected chi connectivity index (χ0v) is 34.3. The quantitative estimate of drug-likeness (QED) is 0.168. The van der Waals surface area contributed by atoms with E-state index in [2.05, 4.69) is 228 Å². The lowest BCUT2D eigenvalue weighted by molar-refractivity contribution is 0.590. The van der Waals surface area contributed by atoms with Crippen LogP contribution in [-0.4, -0.2) is 0 Å². The number of anilines is 3. The molecule has 0 radical (unpaired) electrons. The number of nitrogens with zero attached hydrogens (tertiary/aromatic N) is 1. The third-order valence-corrected chi connectivity index (χ3v) is 12.3. The molecule has 2 heteroatoms. The first kappa shape index (κ1) is 36.4. The lowest BCUT2D eigenvalue weighted by atomic mass is 9.65. The highest BCUT2D eigenvalue weighted by Crippen LogP contribution is 2.52. The summed E-state index contributed by atoms with van der Waals surface area (Å²) >= 11 is 0. The van der Waals surface area contributed by atoms with Crippen LogP contribution in [0.1, 0.15) is 73.6 Å². The van der Waals surface area contributed by atoms with Crippen LogP contribution < -0.4 is 4.90 Å². The Morgan fingerprint density at radius 3 is 1.76 bits per heavy atom. The standard InChI is InChI=1S/C57H47NO/c1-56(2,3)41-29-34-51(47(35-41)38-19-9-6-10-20-38)58(43-30-32-45-44-25-16-18-28-52(44)59-53(45)37-43)42-31-33-50-48(36-42)55(46-26-15-17-27-49(46)57(50,4)5)54(39-21-11-7-12-22-39)40-23-13-8-14-24-40/h6-37H,1-5H3. The Bertz CT molecular complexity index is 2990. The van der Waals surface area contributed by atoms with Gasteiger partial charge in [0.15, 0.2) is 0 Å². The molecule has 1 aliphatic carbocycles. The highest BCUT2D eigenvalue weighted by atomic mass is 16.3. The van der Waals surface area contributed by atoms with Gasteiger partial charge >= 0.3 is 0 Å². The van der Waals surface area contributed by atoms with Crippen LogP contribution in [0.25, 0.3) is 44.2 Å². The summed E-state index contributed by atoms with van der Waals surface area (Å²) in [5, 5.41) is 2.24. The average Bonchev–Trinajstić information content (AvgIpc) is 3.64. The van der Waals surface area contributed by atoms with Gasteiger partial charge in [0, 0.05) is 39.2 Å². The van der Waals surface area contributed by atoms with E-state index in [9.17, 15) is 0 Å². The zero-order chi connectivity index (χ0) is 40.3. The molecule has 0 N–H and O–H groups in total. The molecule has 0 fully saturated rings. The van der Waals surface area contributed by atoms with Crippen LogP contribution in [0.3, 0.4) is 0 Å². The summed E-state index contributed by atoms with van der Waals surface area (Å²) in [5.41, 5.74) is 18.3. The Kier molecular flexibility index (Phi) is 8.76. The number of para-hydroxylation sites is 1. The van der Waals surface area contributed by atoms with Gasteiger partial charge in [-0.15, -0.1) is 0 Å². The van der Waals surface area contributed by atoms with Crippen molar-refractivity contribution in [3.05, 3.63) is 233 Å². The molecular formula is C57H47NO. The molecule has 1 heterocycles. The van der Waals surface area contributed by atoms with E-state index >= 15 is 0 Å². The van der Waals surface area contributed by atoms with E-state index < -0.39 is 0 Å². The summed E-state index contributed by atoms with van der Waals surface area (Å²) in [7, 11) is 0. The number of hydrogen-bond donors (Lipinski definition) is 0. The lowest BCUT2D eigenvalue weighted by Gasteiger charge is -2.39. The largest absolute Gasteiger partial charge is 0.456 e. The van der Waals surface area contributed by atoms with E-state index in [1.807, 2.05) is 6.07 Å². The van der Waals surface area contributed by atoms with Gasteiger partial charge in [0.2, 0.25) is 0 Å². The third-order valence-electron chi connectivity index (χ3n) is 12.3. The molecule has 0 saturated carbocycles. The second-order valence-electron chi connectivity index (χ2n) is 17.3. The summed E-state index contributed by atoms with van der Waals surface area (Å²) < 4.78 is 6.56. The first-order valence-corrected chi connectivity index (χ1v) is 20.7. The van der Waals surface area contributed by atoms with E-state index in [4.69, 9.17) is 4.42 Å². The Morgan fingerprint density at radius 1 is 0.475 bits per heavy atom. The molecule has 8 aromatic carbocycles. The van der Waals surface area contributed by atoms with Crippen molar-refractivity contribution < 1.29 is 4.42 Å². The van der Waals surface area contributed by atoms with E-state index in [1.54, 1.807) is 0 Å². The maximum atomic E-state index is 6.56. The van der Waals surface area contributed by atoms with Crippen LogP contribution in [0.2, 0.25) is 0 Å². The number of furan rings is 1. The van der Waals surface area contributed by atoms with Gasteiger partial charge in [-0.05, 0) is 104 Å². The molecular weight excluding hydrogens is 715 g/mol. The Labute approximate surface area is 347 Å². The average molecular weight is 762 g/mol. The molecule has 1 aromatic heterocycles. The fourth-order valence-electron chi connectivity index (χ4n) is 9.22. The molecule has 0 amide bonds. The predicted molar refractivity (Wildman–Crippen MR) is 249 cm³/mol. The van der Waals surface area contributed by atoms with Gasteiger partial charge in [-0.3, -0.25) is 0 Å². The van der Waals surface area contributed by atoms with Gasteiger partial charge < -0.3 is 9.32 Å². The molecule has 0 atom stereocenters. The van der Waals surface area contributed by atoms with Crippen molar-refractivity contribution in [1.29, 1.82) is 0 Å². The van der Waals surface area contributed by atoms with Crippen LogP contribution in [0.15, 0.2) is 199 Å². The fourth-order valence-corrected chi connectivity index (χ4v) is 9.22. The molecule has 9 aromatic rings. The number of hydrogen-bond acceptors (Lipinski definition) is 2. The molecule has 0 bridgehead atoms. The van der Waals surface area contributed by atoms with Gasteiger partial charge in [-0.2, -0.15) is 0 Å². The number of rotatable bonds is 6. The van der Waals surface area contributed by atoms with Crippen molar-refractivity contribution in [3.63, 3.8) is 0 Å². The monoisotopic (exact) mass is 761 g/mol. The van der Waals surface area contributed by atoms with E-state index in [-0.39, 0.29) is 10.8 Å². The molecule has 0 spiro atoms. The van der Waals surface area contributed by atoms with Gasteiger partial charge in [0.25, 0.3) is 0 Å².